The molecule has 0 saturated carbocycles. The molecule has 0 aliphatic heterocycles. The van der Waals surface area contributed by atoms with Gasteiger partial charge in [0.15, 0.2) is 0 Å². The molecule has 0 aromatic heterocycles. The van der Waals surface area contributed by atoms with Crippen molar-refractivity contribution in [3.8, 4) is 0 Å². The minimum absolute atomic E-state index is 0. The van der Waals surface area contributed by atoms with Gasteiger partial charge in [-0.3, -0.25) is 0 Å². The second-order valence-electron chi connectivity index (χ2n) is 4.84. The molecule has 3 rings (SSSR count). The molecule has 3 aliphatic carbocycles. The summed E-state index contributed by atoms with van der Waals surface area (Å²) < 4.78 is 25.9. The summed E-state index contributed by atoms with van der Waals surface area (Å²) in [5.74, 6) is 0. The van der Waals surface area contributed by atoms with Gasteiger partial charge in [-0.15, -0.1) is 0 Å². The molecule has 0 saturated heterocycles. The van der Waals surface area contributed by atoms with Crippen LogP contribution < -0.4 is 55.0 Å². The third kappa shape index (κ3) is 31.7. The molecule has 0 atom stereocenters. The number of allylic oxidation sites excluding steroid dienone is 24. The van der Waals surface area contributed by atoms with Crippen molar-refractivity contribution in [1.82, 2.24) is 0 Å². The SMILES string of the molecule is C1=C\C=C/C=C\C=C/1.C1=C\C=C/C=C\C=C/1.C1=C\C=C/C=C\C=C/1.[K+].[O]=[Ta](=[O])[O-]. The van der Waals surface area contributed by atoms with Gasteiger partial charge in [-0.25, -0.2) is 0 Å². The maximum atomic E-state index is 8.62. The van der Waals surface area contributed by atoms with Crippen molar-refractivity contribution in [2.45, 2.75) is 0 Å². The quantitative estimate of drug-likeness (QED) is 0.414. The Labute approximate surface area is 223 Å². The first-order valence-corrected chi connectivity index (χ1v) is 12.5. The Bertz CT molecular complexity index is 555. The first-order chi connectivity index (χ1) is 13.7. The van der Waals surface area contributed by atoms with E-state index in [9.17, 15) is 0 Å². The fourth-order valence-corrected chi connectivity index (χ4v) is 1.54. The molecule has 0 fully saturated rings. The summed E-state index contributed by atoms with van der Waals surface area (Å²) in [4.78, 5) is 0. The van der Waals surface area contributed by atoms with E-state index < -0.39 is 18.8 Å². The third-order valence-corrected chi connectivity index (χ3v) is 2.67. The average molecular weight is 580 g/mol. The Morgan fingerprint density at radius 2 is 0.345 bits per heavy atom. The van der Waals surface area contributed by atoms with Crippen molar-refractivity contribution >= 4 is 0 Å². The van der Waals surface area contributed by atoms with Crippen LogP contribution in [0.3, 0.4) is 0 Å². The Balaban J connectivity index is 0. The molecule has 0 amide bonds. The Morgan fingerprint density at radius 1 is 0.310 bits per heavy atom. The van der Waals surface area contributed by atoms with Gasteiger partial charge in [0, 0.05) is 0 Å². The van der Waals surface area contributed by atoms with E-state index in [-0.39, 0.29) is 51.4 Å². The van der Waals surface area contributed by atoms with Crippen LogP contribution >= 0.6 is 0 Å². The van der Waals surface area contributed by atoms with Crippen LogP contribution in [0.25, 0.3) is 0 Å². The Morgan fingerprint density at radius 3 is 0.379 bits per heavy atom. The molecule has 0 heterocycles. The van der Waals surface area contributed by atoms with Gasteiger partial charge in [0.05, 0.1) is 0 Å². The van der Waals surface area contributed by atoms with Crippen molar-refractivity contribution in [2.75, 3.05) is 0 Å². The summed E-state index contributed by atoms with van der Waals surface area (Å²) in [6.07, 6.45) is 48.0. The van der Waals surface area contributed by atoms with Gasteiger partial charge >= 0.3 is 80.3 Å². The van der Waals surface area contributed by atoms with Crippen molar-refractivity contribution in [3.05, 3.63) is 146 Å². The van der Waals surface area contributed by atoms with Gasteiger partial charge in [0.1, 0.15) is 0 Å². The molecule has 0 aromatic carbocycles. The predicted octanol–water partition coefficient (Wildman–Crippen LogP) is 2.25. The fraction of sp³-hybridized carbons (Fsp3) is 0. The molecule has 29 heavy (non-hydrogen) atoms. The van der Waals surface area contributed by atoms with Crippen molar-refractivity contribution in [3.63, 3.8) is 0 Å². The summed E-state index contributed by atoms with van der Waals surface area (Å²) in [7, 11) is 0. The van der Waals surface area contributed by atoms with E-state index in [0.29, 0.717) is 0 Å². The molecule has 0 N–H and O–H groups in total. The van der Waals surface area contributed by atoms with Crippen LogP contribution in [0.4, 0.5) is 0 Å². The van der Waals surface area contributed by atoms with Crippen LogP contribution in [0.15, 0.2) is 146 Å². The first kappa shape index (κ1) is 30.0. The minimum atomic E-state index is -4.34. The van der Waals surface area contributed by atoms with E-state index in [2.05, 4.69) is 0 Å². The van der Waals surface area contributed by atoms with E-state index in [0.717, 1.165) is 0 Å². The van der Waals surface area contributed by atoms with Crippen LogP contribution in [-0.2, 0) is 25.3 Å². The van der Waals surface area contributed by atoms with Gasteiger partial charge in [-0.1, -0.05) is 146 Å². The van der Waals surface area contributed by atoms with Crippen molar-refractivity contribution < 1.29 is 80.3 Å². The molecule has 3 nitrogen and oxygen atoms in total. The van der Waals surface area contributed by atoms with E-state index in [4.69, 9.17) is 10.1 Å². The molecule has 0 radical (unpaired) electrons. The number of hydrogen-bond acceptors (Lipinski definition) is 3. The van der Waals surface area contributed by atoms with Gasteiger partial charge < -0.3 is 0 Å². The maximum absolute atomic E-state index is 8.62. The Kier molecular flexibility index (Phi) is 27.8. The van der Waals surface area contributed by atoms with Crippen LogP contribution in [0, 0.1) is 0 Å². The zero-order chi connectivity index (χ0) is 20.5. The fourth-order valence-electron chi connectivity index (χ4n) is 1.54. The van der Waals surface area contributed by atoms with Crippen LogP contribution in [0.5, 0.6) is 0 Å². The van der Waals surface area contributed by atoms with Crippen molar-refractivity contribution in [2.24, 2.45) is 0 Å². The Hall–Kier alpha value is -1.18. The number of hydrogen-bond donors (Lipinski definition) is 0. The monoisotopic (exact) mass is 580 g/mol. The second-order valence-corrected chi connectivity index (χ2v) is 6.45. The van der Waals surface area contributed by atoms with E-state index in [1.807, 2.05) is 146 Å². The molecule has 5 heteroatoms. The molecular formula is C24H24KO3Ta. The van der Waals surface area contributed by atoms with Crippen LogP contribution in [0.1, 0.15) is 0 Å². The topological polar surface area (TPSA) is 57.2 Å². The second kappa shape index (κ2) is 26.8. The van der Waals surface area contributed by atoms with Crippen molar-refractivity contribution in [1.29, 1.82) is 0 Å². The summed E-state index contributed by atoms with van der Waals surface area (Å²) in [5.41, 5.74) is 0. The molecule has 3 aliphatic rings. The molecule has 0 aromatic rings. The van der Waals surface area contributed by atoms with Crippen LogP contribution in [0.2, 0.25) is 0 Å². The zero-order valence-corrected chi connectivity index (χ0v) is 22.9. The molecule has 0 bridgehead atoms. The first-order valence-electron chi connectivity index (χ1n) is 8.55. The average Bonchev–Trinajstić information content (AvgIpc) is 2.53. The third-order valence-electron chi connectivity index (χ3n) is 2.67. The van der Waals surface area contributed by atoms with Crippen LogP contribution in [-0.4, -0.2) is 0 Å². The normalized spacial score (nSPS) is 27.3. The number of rotatable bonds is 0. The predicted molar refractivity (Wildman–Crippen MR) is 111 cm³/mol. The summed E-state index contributed by atoms with van der Waals surface area (Å²) >= 11 is -4.34. The molecule has 0 unspecified atom stereocenters. The molecular weight excluding hydrogens is 556 g/mol. The molecule has 144 valence electrons. The van der Waals surface area contributed by atoms with E-state index >= 15 is 0 Å². The zero-order valence-electron chi connectivity index (χ0n) is 16.5. The van der Waals surface area contributed by atoms with E-state index in [1.54, 1.807) is 0 Å². The standard InChI is InChI=1S/3C8H8.K.3O.Ta/c3*1-2-4-6-8-7-5-3-1;;;;;/h3*1-8H;;;;;/q;;;+1;;;-1;/b3*2-1-,3-1?,4-2?,5-3-,6-4-,7-5?,8-6?,8-7-;;;;;. The van der Waals surface area contributed by atoms with Gasteiger partial charge in [-0.05, 0) is 0 Å². The van der Waals surface area contributed by atoms with Gasteiger partial charge in [-0.2, -0.15) is 0 Å². The summed E-state index contributed by atoms with van der Waals surface area (Å²) in [5, 5.41) is 0. The summed E-state index contributed by atoms with van der Waals surface area (Å²) in [6.45, 7) is 0. The molecule has 0 spiro atoms. The summed E-state index contributed by atoms with van der Waals surface area (Å²) in [6, 6.07) is 0. The van der Waals surface area contributed by atoms with Gasteiger partial charge in [0.2, 0.25) is 0 Å². The van der Waals surface area contributed by atoms with Gasteiger partial charge in [0.25, 0.3) is 0 Å². The van der Waals surface area contributed by atoms with E-state index in [1.165, 1.54) is 0 Å².